The maximum Gasteiger partial charge on any atom is 0.252 e. The van der Waals surface area contributed by atoms with Gasteiger partial charge in [-0.15, -0.1) is 11.3 Å². The maximum absolute atomic E-state index is 12.6. The minimum absolute atomic E-state index is 0.0782. The van der Waals surface area contributed by atoms with Crippen molar-refractivity contribution in [2.24, 2.45) is 0 Å². The molecule has 2 N–H and O–H groups in total. The lowest BCUT2D eigenvalue weighted by molar-refractivity contribution is 0.0951. The minimum Gasteiger partial charge on any atom is -0.347 e. The first-order chi connectivity index (χ1) is 12.8. The van der Waals surface area contributed by atoms with Gasteiger partial charge < -0.3 is 5.32 Å². The molecule has 4 nitrogen and oxygen atoms in total. The van der Waals surface area contributed by atoms with E-state index in [1.165, 1.54) is 0 Å². The molecule has 4 aromatic rings. The highest BCUT2D eigenvalue weighted by Gasteiger charge is 2.09. The number of thiophene rings is 1. The van der Waals surface area contributed by atoms with Gasteiger partial charge in [-0.3, -0.25) is 9.89 Å². The molecule has 0 saturated heterocycles. The maximum atomic E-state index is 12.6. The summed E-state index contributed by atoms with van der Waals surface area (Å²) in [5, 5.41) is 13.4. The molecular weight excluding hydrogens is 342 g/mol. The number of benzene rings is 2. The molecule has 0 aliphatic heterocycles. The molecule has 5 heteroatoms. The largest absolute Gasteiger partial charge is 0.347 e. The molecule has 2 aromatic carbocycles. The molecule has 1 amide bonds. The number of hydrogen-bond donors (Lipinski definition) is 2. The smallest absolute Gasteiger partial charge is 0.252 e. The number of para-hydroxylation sites is 1. The molecule has 0 saturated carbocycles. The summed E-state index contributed by atoms with van der Waals surface area (Å²) in [4.78, 5) is 13.7. The Hall–Kier alpha value is -3.18. The number of carbonyl (C=O) groups excluding carboxylic acids is 1. The summed E-state index contributed by atoms with van der Waals surface area (Å²) >= 11 is 1.63. The van der Waals surface area contributed by atoms with Crippen LogP contribution >= 0.6 is 11.3 Å². The molecule has 26 heavy (non-hydrogen) atoms. The van der Waals surface area contributed by atoms with Gasteiger partial charge >= 0.3 is 0 Å². The second-order valence-corrected chi connectivity index (χ2v) is 6.87. The molecule has 2 heterocycles. The van der Waals surface area contributed by atoms with Crippen LogP contribution in [0.4, 0.5) is 0 Å². The zero-order valence-electron chi connectivity index (χ0n) is 14.0. The number of H-pyrrole nitrogens is 1. The molecule has 0 unspecified atom stereocenters. The SMILES string of the molecule is O=C(NCc1cccs1)c1ccccc1C=Cc1n[nH]c2ccccc12. The van der Waals surface area contributed by atoms with E-state index in [1.807, 2.05) is 78.2 Å². The highest BCUT2D eigenvalue weighted by atomic mass is 32.1. The summed E-state index contributed by atoms with van der Waals surface area (Å²) in [6.45, 7) is 0.540. The normalized spacial score (nSPS) is 11.2. The van der Waals surface area contributed by atoms with Crippen molar-refractivity contribution in [3.05, 3.63) is 87.7 Å². The quantitative estimate of drug-likeness (QED) is 0.541. The van der Waals surface area contributed by atoms with Crippen LogP contribution < -0.4 is 5.32 Å². The van der Waals surface area contributed by atoms with Crippen molar-refractivity contribution in [3.63, 3.8) is 0 Å². The molecule has 0 bridgehead atoms. The van der Waals surface area contributed by atoms with Gasteiger partial charge in [0.1, 0.15) is 0 Å². The van der Waals surface area contributed by atoms with Crippen LogP contribution in [0.2, 0.25) is 0 Å². The Morgan fingerprint density at radius 1 is 1.04 bits per heavy atom. The van der Waals surface area contributed by atoms with Gasteiger partial charge in [0.25, 0.3) is 5.91 Å². The van der Waals surface area contributed by atoms with Gasteiger partial charge in [0, 0.05) is 15.8 Å². The predicted octanol–water partition coefficient (Wildman–Crippen LogP) is 4.72. The van der Waals surface area contributed by atoms with Crippen molar-refractivity contribution in [2.45, 2.75) is 6.54 Å². The summed E-state index contributed by atoms with van der Waals surface area (Å²) in [6.07, 6.45) is 3.87. The van der Waals surface area contributed by atoms with Crippen molar-refractivity contribution >= 4 is 40.3 Å². The van der Waals surface area contributed by atoms with Crippen LogP contribution in [-0.4, -0.2) is 16.1 Å². The zero-order valence-corrected chi connectivity index (χ0v) is 14.8. The molecular formula is C21H17N3OS. The number of fused-ring (bicyclic) bond motifs is 1. The van der Waals surface area contributed by atoms with Gasteiger partial charge in [-0.25, -0.2) is 0 Å². The van der Waals surface area contributed by atoms with Crippen LogP contribution in [0.25, 0.3) is 23.1 Å². The number of nitrogens with one attached hydrogen (secondary N) is 2. The third kappa shape index (κ3) is 3.43. The zero-order chi connectivity index (χ0) is 17.8. The van der Waals surface area contributed by atoms with Crippen molar-refractivity contribution in [1.82, 2.24) is 15.5 Å². The summed E-state index contributed by atoms with van der Waals surface area (Å²) in [6, 6.07) is 19.6. The molecule has 0 aliphatic rings. The van der Waals surface area contributed by atoms with Crippen molar-refractivity contribution < 1.29 is 4.79 Å². The summed E-state index contributed by atoms with van der Waals surface area (Å²) in [5.74, 6) is -0.0782. The average molecular weight is 359 g/mol. The number of nitrogens with zero attached hydrogens (tertiary/aromatic N) is 1. The second kappa shape index (κ2) is 7.37. The summed E-state index contributed by atoms with van der Waals surface area (Å²) < 4.78 is 0. The van der Waals surface area contributed by atoms with Gasteiger partial charge in [0.2, 0.25) is 0 Å². The molecule has 2 aromatic heterocycles. The van der Waals surface area contributed by atoms with E-state index in [4.69, 9.17) is 0 Å². The Labute approximate surface area is 155 Å². The lowest BCUT2D eigenvalue weighted by atomic mass is 10.1. The average Bonchev–Trinajstić information content (AvgIpc) is 3.34. The number of carbonyl (C=O) groups is 1. The number of aromatic amines is 1. The van der Waals surface area contributed by atoms with Gasteiger partial charge in [-0.05, 0) is 35.2 Å². The molecule has 0 spiro atoms. The van der Waals surface area contributed by atoms with Crippen LogP contribution in [0.15, 0.2) is 66.0 Å². The van der Waals surface area contributed by atoms with E-state index < -0.39 is 0 Å². The molecule has 4 rings (SSSR count). The number of aromatic nitrogens is 2. The standard InChI is InChI=1S/C21H17N3OS/c25-21(22-14-16-7-5-13-26-16)17-8-2-1-6-15(17)11-12-20-18-9-3-4-10-19(18)23-24-20/h1-13H,14H2,(H,22,25)(H,23,24). The van der Waals surface area contributed by atoms with E-state index in [2.05, 4.69) is 15.5 Å². The van der Waals surface area contributed by atoms with E-state index in [9.17, 15) is 4.79 Å². The lowest BCUT2D eigenvalue weighted by Crippen LogP contribution is -2.23. The van der Waals surface area contributed by atoms with Gasteiger partial charge in [0.15, 0.2) is 0 Å². The lowest BCUT2D eigenvalue weighted by Gasteiger charge is -2.07. The number of amides is 1. The molecule has 128 valence electrons. The Morgan fingerprint density at radius 3 is 2.77 bits per heavy atom. The van der Waals surface area contributed by atoms with E-state index in [-0.39, 0.29) is 5.91 Å². The minimum atomic E-state index is -0.0782. The van der Waals surface area contributed by atoms with Crippen LogP contribution in [-0.2, 0) is 6.54 Å². The fourth-order valence-electron chi connectivity index (χ4n) is 2.81. The number of rotatable bonds is 5. The van der Waals surface area contributed by atoms with E-state index >= 15 is 0 Å². The first-order valence-corrected chi connectivity index (χ1v) is 9.20. The van der Waals surface area contributed by atoms with Crippen LogP contribution in [0.3, 0.4) is 0 Å². The van der Waals surface area contributed by atoms with Gasteiger partial charge in [-0.2, -0.15) is 5.10 Å². The fourth-order valence-corrected chi connectivity index (χ4v) is 3.45. The third-order valence-corrected chi connectivity index (χ3v) is 5.01. The molecule has 0 aliphatic carbocycles. The third-order valence-electron chi connectivity index (χ3n) is 4.13. The van der Waals surface area contributed by atoms with Crippen molar-refractivity contribution in [3.8, 4) is 0 Å². The summed E-state index contributed by atoms with van der Waals surface area (Å²) in [5.41, 5.74) is 3.37. The molecule has 0 radical (unpaired) electrons. The Kier molecular flexibility index (Phi) is 4.62. The second-order valence-electron chi connectivity index (χ2n) is 5.84. The molecule has 0 atom stereocenters. The number of hydrogen-bond acceptors (Lipinski definition) is 3. The first-order valence-electron chi connectivity index (χ1n) is 8.32. The van der Waals surface area contributed by atoms with Crippen molar-refractivity contribution in [1.29, 1.82) is 0 Å². The topological polar surface area (TPSA) is 57.8 Å². The van der Waals surface area contributed by atoms with Gasteiger partial charge in [0.05, 0.1) is 17.8 Å². The fraction of sp³-hybridized carbons (Fsp3) is 0.0476. The van der Waals surface area contributed by atoms with Crippen LogP contribution in [0, 0.1) is 0 Å². The van der Waals surface area contributed by atoms with E-state index in [0.717, 1.165) is 27.0 Å². The monoisotopic (exact) mass is 359 g/mol. The van der Waals surface area contributed by atoms with Crippen LogP contribution in [0.5, 0.6) is 0 Å². The Morgan fingerprint density at radius 2 is 1.88 bits per heavy atom. The van der Waals surface area contributed by atoms with E-state index in [1.54, 1.807) is 11.3 Å². The molecule has 0 fully saturated rings. The van der Waals surface area contributed by atoms with E-state index in [0.29, 0.717) is 12.1 Å². The Balaban J connectivity index is 1.56. The van der Waals surface area contributed by atoms with Gasteiger partial charge in [-0.1, -0.05) is 48.5 Å². The first kappa shape index (κ1) is 16.3. The highest BCUT2D eigenvalue weighted by molar-refractivity contribution is 7.09. The van der Waals surface area contributed by atoms with Crippen LogP contribution in [0.1, 0.15) is 26.5 Å². The Bertz CT molecular complexity index is 1060. The highest BCUT2D eigenvalue weighted by Crippen LogP contribution is 2.19. The predicted molar refractivity (Wildman–Crippen MR) is 107 cm³/mol. The van der Waals surface area contributed by atoms with Crippen molar-refractivity contribution in [2.75, 3.05) is 0 Å². The summed E-state index contributed by atoms with van der Waals surface area (Å²) in [7, 11) is 0.